The van der Waals surface area contributed by atoms with Crippen LogP contribution in [0.4, 0.5) is 30.5 Å². The predicted molar refractivity (Wildman–Crippen MR) is 164 cm³/mol. The van der Waals surface area contributed by atoms with Gasteiger partial charge in [0.15, 0.2) is 5.82 Å². The van der Waals surface area contributed by atoms with Gasteiger partial charge in [0, 0.05) is 48.0 Å². The Bertz CT molecular complexity index is 1390. The second kappa shape index (κ2) is 16.1. The van der Waals surface area contributed by atoms with Crippen molar-refractivity contribution in [3.8, 4) is 0 Å². The quantitative estimate of drug-likeness (QED) is 0.174. The molecule has 1 aromatic heterocycles. The average Bonchev–Trinajstić information content (AvgIpc) is 3.38. The lowest BCUT2D eigenvalue weighted by Crippen LogP contribution is -2.25. The van der Waals surface area contributed by atoms with Crippen molar-refractivity contribution in [2.45, 2.75) is 40.3 Å². The number of likely N-dealkylation sites (N-methyl/N-ethyl adjacent to an activating group) is 1. The largest absolute Gasteiger partial charge is 0.416 e. The minimum absolute atomic E-state index is 0.105. The first kappa shape index (κ1) is 33.8. The summed E-state index contributed by atoms with van der Waals surface area (Å²) in [5.74, 6) is 0.158. The summed E-state index contributed by atoms with van der Waals surface area (Å²) in [7, 11) is 3.96. The molecular formula is C30H39F3N8O. The van der Waals surface area contributed by atoms with Crippen molar-refractivity contribution in [2.75, 3.05) is 37.8 Å². The molecular weight excluding hydrogens is 545 g/mol. The number of nitrogens with zero attached hydrogens (tertiary/aromatic N) is 5. The van der Waals surface area contributed by atoms with Crippen molar-refractivity contribution in [2.24, 2.45) is 4.99 Å². The highest BCUT2D eigenvalue weighted by Crippen LogP contribution is 2.30. The third kappa shape index (κ3) is 10.5. The Kier molecular flexibility index (Phi) is 12.9. The fraction of sp³-hybridized carbons (Fsp3) is 0.333. The maximum Gasteiger partial charge on any atom is 0.416 e. The van der Waals surface area contributed by atoms with Gasteiger partial charge < -0.3 is 20.9 Å². The number of hydrogen-bond donors (Lipinski definition) is 3. The van der Waals surface area contributed by atoms with E-state index in [4.69, 9.17) is 0 Å². The Balaban J connectivity index is 0.00000197. The van der Waals surface area contributed by atoms with Gasteiger partial charge in [0.05, 0.1) is 5.56 Å². The van der Waals surface area contributed by atoms with E-state index >= 15 is 0 Å². The number of allylic oxidation sites excluding steroid dienone is 1. The van der Waals surface area contributed by atoms with Gasteiger partial charge in [-0.25, -0.2) is 4.99 Å². The number of aliphatic imine (C=N–C) groups is 1. The summed E-state index contributed by atoms with van der Waals surface area (Å²) >= 11 is 0. The number of rotatable bonds is 11. The van der Waals surface area contributed by atoms with Crippen LogP contribution in [0.2, 0.25) is 0 Å². The number of alkyl halides is 3. The van der Waals surface area contributed by atoms with E-state index in [1.165, 1.54) is 29.6 Å². The highest BCUT2D eigenvalue weighted by atomic mass is 19.4. The summed E-state index contributed by atoms with van der Waals surface area (Å²) in [6, 6.07) is 9.34. The SMILES string of the molecule is C=C(/C=C(\N=C/C)n1ncnc1Nc1cc(NC(=O)c2cccc(C(F)(F)F)c2)ccc1C)NCCN(C)C.CCC. The van der Waals surface area contributed by atoms with Gasteiger partial charge in [-0.2, -0.15) is 27.9 Å². The Labute approximate surface area is 245 Å². The number of amides is 1. The summed E-state index contributed by atoms with van der Waals surface area (Å²) in [5, 5.41) is 13.3. The fourth-order valence-electron chi connectivity index (χ4n) is 3.42. The molecule has 0 spiro atoms. The topological polar surface area (TPSA) is 99.5 Å². The number of anilines is 3. The second-order valence-electron chi connectivity index (χ2n) is 9.54. The summed E-state index contributed by atoms with van der Waals surface area (Å²) in [6.07, 6.45) is 1.45. The van der Waals surface area contributed by atoms with Crippen molar-refractivity contribution in [3.05, 3.63) is 83.8 Å². The molecule has 0 bridgehead atoms. The third-order valence-corrected chi connectivity index (χ3v) is 5.43. The highest BCUT2D eigenvalue weighted by molar-refractivity contribution is 6.04. The Hall–Kier alpha value is -4.45. The number of halogens is 3. The average molecular weight is 585 g/mol. The molecule has 1 heterocycles. The Morgan fingerprint density at radius 3 is 2.52 bits per heavy atom. The predicted octanol–water partition coefficient (Wildman–Crippen LogP) is 6.57. The summed E-state index contributed by atoms with van der Waals surface area (Å²) in [4.78, 5) is 23.4. The molecule has 2 aromatic carbocycles. The molecule has 0 saturated carbocycles. The molecule has 0 unspecified atom stereocenters. The van der Waals surface area contributed by atoms with Crippen LogP contribution in [-0.4, -0.2) is 59.0 Å². The van der Waals surface area contributed by atoms with Gasteiger partial charge in [-0.05, 0) is 63.8 Å². The zero-order valence-electron chi connectivity index (χ0n) is 24.9. The van der Waals surface area contributed by atoms with Crippen LogP contribution in [0.15, 0.2) is 72.1 Å². The molecule has 3 aromatic rings. The van der Waals surface area contributed by atoms with E-state index in [9.17, 15) is 18.0 Å². The van der Waals surface area contributed by atoms with E-state index in [0.717, 1.165) is 24.2 Å². The fourth-order valence-corrected chi connectivity index (χ4v) is 3.42. The van der Waals surface area contributed by atoms with E-state index < -0.39 is 17.6 Å². The molecule has 0 aliphatic rings. The number of aromatic nitrogens is 3. The minimum atomic E-state index is -4.54. The number of nitrogens with one attached hydrogen (secondary N) is 3. The van der Waals surface area contributed by atoms with E-state index in [1.807, 2.05) is 25.9 Å². The van der Waals surface area contributed by atoms with Crippen molar-refractivity contribution in [3.63, 3.8) is 0 Å². The lowest BCUT2D eigenvalue weighted by atomic mass is 10.1. The first-order chi connectivity index (χ1) is 19.9. The molecule has 1 amide bonds. The molecule has 12 heteroatoms. The van der Waals surface area contributed by atoms with Gasteiger partial charge >= 0.3 is 6.18 Å². The van der Waals surface area contributed by atoms with E-state index in [1.54, 1.807) is 37.4 Å². The van der Waals surface area contributed by atoms with Crippen molar-refractivity contribution in [1.82, 2.24) is 25.0 Å². The van der Waals surface area contributed by atoms with Crippen LogP contribution in [0, 0.1) is 6.92 Å². The maximum absolute atomic E-state index is 13.1. The van der Waals surface area contributed by atoms with Crippen LogP contribution in [0.1, 0.15) is 48.7 Å². The van der Waals surface area contributed by atoms with Crippen LogP contribution in [0.25, 0.3) is 5.82 Å². The second-order valence-corrected chi connectivity index (χ2v) is 9.54. The molecule has 226 valence electrons. The third-order valence-electron chi connectivity index (χ3n) is 5.43. The number of hydrogen-bond acceptors (Lipinski definition) is 7. The molecule has 3 N–H and O–H groups in total. The molecule has 0 aliphatic carbocycles. The maximum atomic E-state index is 13.1. The van der Waals surface area contributed by atoms with E-state index in [-0.39, 0.29) is 5.56 Å². The van der Waals surface area contributed by atoms with Crippen LogP contribution in [0.3, 0.4) is 0 Å². The monoisotopic (exact) mass is 584 g/mol. The van der Waals surface area contributed by atoms with Gasteiger partial charge in [-0.15, -0.1) is 0 Å². The zero-order valence-corrected chi connectivity index (χ0v) is 24.9. The lowest BCUT2D eigenvalue weighted by Gasteiger charge is -2.14. The van der Waals surface area contributed by atoms with Crippen molar-refractivity contribution in [1.29, 1.82) is 0 Å². The zero-order chi connectivity index (χ0) is 31.3. The standard InChI is InChI=1S/C27H31F3N8O.C3H8/c1-6-31-24(14-19(3)32-12-13-37(4)5)38-26(33-17-34-38)36-23-16-22(11-10-18(23)2)35-25(39)20-8-7-9-21(15-20)27(28,29)30;1-3-2/h6-11,14-17,32H,3,12-13H2,1-2,4-5H3,(H,35,39)(H,33,34,36);3H2,1-2H3/b24-14+,31-6-;. The van der Waals surface area contributed by atoms with Gasteiger partial charge in [-0.1, -0.05) is 39.0 Å². The number of carbonyl (C=O) groups is 1. The minimum Gasteiger partial charge on any atom is -0.384 e. The summed E-state index contributed by atoms with van der Waals surface area (Å²) in [6.45, 7) is 13.4. The van der Waals surface area contributed by atoms with Crippen LogP contribution in [0.5, 0.6) is 0 Å². The molecule has 0 atom stereocenters. The first-order valence-corrected chi connectivity index (χ1v) is 13.4. The van der Waals surface area contributed by atoms with E-state index in [2.05, 4.69) is 51.5 Å². The summed E-state index contributed by atoms with van der Waals surface area (Å²) < 4.78 is 40.7. The molecule has 3 rings (SSSR count). The first-order valence-electron chi connectivity index (χ1n) is 13.4. The van der Waals surface area contributed by atoms with Gasteiger partial charge in [0.25, 0.3) is 5.91 Å². The Morgan fingerprint density at radius 2 is 1.88 bits per heavy atom. The highest BCUT2D eigenvalue weighted by Gasteiger charge is 2.30. The van der Waals surface area contributed by atoms with Crippen molar-refractivity contribution >= 4 is 35.3 Å². The normalized spacial score (nSPS) is 11.7. The van der Waals surface area contributed by atoms with E-state index in [0.29, 0.717) is 35.4 Å². The molecule has 0 radical (unpaired) electrons. The van der Waals surface area contributed by atoms with Crippen LogP contribution < -0.4 is 16.0 Å². The molecule has 9 nitrogen and oxygen atoms in total. The molecule has 0 aliphatic heterocycles. The van der Waals surface area contributed by atoms with Crippen LogP contribution >= 0.6 is 0 Å². The number of carbonyl (C=O) groups excluding carboxylic acids is 1. The van der Waals surface area contributed by atoms with Crippen LogP contribution in [-0.2, 0) is 6.18 Å². The van der Waals surface area contributed by atoms with Gasteiger partial charge in [-0.3, -0.25) is 4.79 Å². The van der Waals surface area contributed by atoms with Gasteiger partial charge in [0.2, 0.25) is 5.95 Å². The van der Waals surface area contributed by atoms with Gasteiger partial charge in [0.1, 0.15) is 6.33 Å². The molecule has 42 heavy (non-hydrogen) atoms. The molecule has 0 saturated heterocycles. The Morgan fingerprint density at radius 1 is 1.17 bits per heavy atom. The summed E-state index contributed by atoms with van der Waals surface area (Å²) in [5.41, 5.74) is 1.47. The van der Waals surface area contributed by atoms with Crippen molar-refractivity contribution < 1.29 is 18.0 Å². The lowest BCUT2D eigenvalue weighted by molar-refractivity contribution is -0.137. The number of aryl methyl sites for hydroxylation is 1. The smallest absolute Gasteiger partial charge is 0.384 e. The molecule has 0 fully saturated rings. The number of benzene rings is 2.